The summed E-state index contributed by atoms with van der Waals surface area (Å²) < 4.78 is 6.97. The fourth-order valence-electron chi connectivity index (χ4n) is 1.91. The monoisotopic (exact) mass is 276 g/mol. The highest BCUT2D eigenvalue weighted by atomic mass is 16.6. The van der Waals surface area contributed by atoms with E-state index in [0.29, 0.717) is 18.0 Å². The van der Waals surface area contributed by atoms with E-state index in [9.17, 15) is 10.1 Å². The molecular formula is C13H16N4O3. The summed E-state index contributed by atoms with van der Waals surface area (Å²) in [6.07, 6.45) is 3.59. The zero-order chi connectivity index (χ0) is 14.5. The summed E-state index contributed by atoms with van der Waals surface area (Å²) in [5.74, 6) is 1.29. The van der Waals surface area contributed by atoms with Crippen molar-refractivity contribution in [1.29, 1.82) is 0 Å². The van der Waals surface area contributed by atoms with Crippen LogP contribution in [-0.4, -0.2) is 21.6 Å². The zero-order valence-electron chi connectivity index (χ0n) is 11.4. The van der Waals surface area contributed by atoms with Crippen molar-refractivity contribution in [3.63, 3.8) is 0 Å². The average molecular weight is 276 g/mol. The van der Waals surface area contributed by atoms with E-state index < -0.39 is 4.92 Å². The molecule has 1 aromatic carbocycles. The number of aryl methyl sites for hydroxylation is 1. The molecule has 0 spiro atoms. The minimum atomic E-state index is -0.433. The predicted molar refractivity (Wildman–Crippen MR) is 74.9 cm³/mol. The Morgan fingerprint density at radius 1 is 1.50 bits per heavy atom. The van der Waals surface area contributed by atoms with Gasteiger partial charge >= 0.3 is 0 Å². The Hall–Kier alpha value is -2.57. The molecule has 0 fully saturated rings. The number of rotatable bonds is 6. The third-order valence-corrected chi connectivity index (χ3v) is 2.98. The lowest BCUT2D eigenvalue weighted by atomic mass is 10.2. The summed E-state index contributed by atoms with van der Waals surface area (Å²) in [6.45, 7) is 3.25. The minimum absolute atomic E-state index is 0.0149. The van der Waals surface area contributed by atoms with Gasteiger partial charge in [0, 0.05) is 18.9 Å². The molecule has 20 heavy (non-hydrogen) atoms. The topological polar surface area (TPSA) is 82.2 Å². The number of ether oxygens (including phenoxy) is 1. The van der Waals surface area contributed by atoms with Crippen LogP contribution in [0.4, 0.5) is 11.4 Å². The molecule has 0 aliphatic heterocycles. The van der Waals surface area contributed by atoms with E-state index in [-0.39, 0.29) is 5.69 Å². The maximum Gasteiger partial charge on any atom is 0.296 e. The fraction of sp³-hybridized carbons (Fsp3) is 0.308. The Labute approximate surface area is 116 Å². The van der Waals surface area contributed by atoms with Crippen LogP contribution < -0.4 is 10.1 Å². The van der Waals surface area contributed by atoms with Gasteiger partial charge in [-0.15, -0.1) is 0 Å². The van der Waals surface area contributed by atoms with Crippen LogP contribution in [0.25, 0.3) is 0 Å². The van der Waals surface area contributed by atoms with Gasteiger partial charge in [-0.05, 0) is 19.1 Å². The van der Waals surface area contributed by atoms with Crippen molar-refractivity contribution in [3.8, 4) is 5.75 Å². The van der Waals surface area contributed by atoms with Gasteiger partial charge in [0.25, 0.3) is 5.69 Å². The molecule has 106 valence electrons. The van der Waals surface area contributed by atoms with Crippen LogP contribution in [0.3, 0.4) is 0 Å². The van der Waals surface area contributed by atoms with Crippen molar-refractivity contribution in [1.82, 2.24) is 9.55 Å². The first-order valence-electron chi connectivity index (χ1n) is 6.22. The van der Waals surface area contributed by atoms with Crippen LogP contribution in [0.5, 0.6) is 5.75 Å². The van der Waals surface area contributed by atoms with Gasteiger partial charge in [-0.2, -0.15) is 0 Å². The minimum Gasteiger partial charge on any atom is -0.496 e. The molecule has 0 amide bonds. The average Bonchev–Trinajstić information content (AvgIpc) is 2.92. The Morgan fingerprint density at radius 3 is 2.95 bits per heavy atom. The molecule has 0 radical (unpaired) electrons. The van der Waals surface area contributed by atoms with Crippen molar-refractivity contribution in [2.24, 2.45) is 0 Å². The Bertz CT molecular complexity index is 609. The molecule has 2 aromatic rings. The van der Waals surface area contributed by atoms with Gasteiger partial charge < -0.3 is 14.6 Å². The number of anilines is 1. The highest BCUT2D eigenvalue weighted by molar-refractivity contribution is 5.63. The van der Waals surface area contributed by atoms with Crippen LogP contribution >= 0.6 is 0 Å². The van der Waals surface area contributed by atoms with E-state index in [0.717, 1.165) is 12.4 Å². The maximum atomic E-state index is 11.1. The van der Waals surface area contributed by atoms with E-state index in [1.807, 2.05) is 17.7 Å². The van der Waals surface area contributed by atoms with Crippen LogP contribution in [0.15, 0.2) is 30.6 Å². The second kappa shape index (κ2) is 6.05. The lowest BCUT2D eigenvalue weighted by Gasteiger charge is -2.09. The van der Waals surface area contributed by atoms with Crippen molar-refractivity contribution < 1.29 is 9.66 Å². The number of nitrogens with zero attached hydrogens (tertiary/aromatic N) is 3. The summed E-state index contributed by atoms with van der Waals surface area (Å²) in [6, 6.07) is 4.71. The lowest BCUT2D eigenvalue weighted by Crippen LogP contribution is -2.08. The van der Waals surface area contributed by atoms with Gasteiger partial charge in [0.2, 0.25) is 0 Å². The SMILES string of the molecule is CCn1ccnc1CNc1ccc(OC)cc1[N+](=O)[O-]. The van der Waals surface area contributed by atoms with E-state index >= 15 is 0 Å². The maximum absolute atomic E-state index is 11.1. The van der Waals surface area contributed by atoms with Crippen LogP contribution in [0.2, 0.25) is 0 Å². The molecule has 0 aliphatic carbocycles. The third kappa shape index (κ3) is 2.87. The number of methoxy groups -OCH3 is 1. The zero-order valence-corrected chi connectivity index (χ0v) is 11.4. The summed E-state index contributed by atoms with van der Waals surface area (Å²) in [7, 11) is 1.48. The highest BCUT2D eigenvalue weighted by Crippen LogP contribution is 2.29. The number of hydrogen-bond acceptors (Lipinski definition) is 5. The van der Waals surface area contributed by atoms with Gasteiger partial charge in [0.1, 0.15) is 17.3 Å². The lowest BCUT2D eigenvalue weighted by molar-refractivity contribution is -0.384. The van der Waals surface area contributed by atoms with Crippen molar-refractivity contribution in [2.45, 2.75) is 20.0 Å². The molecular weight excluding hydrogens is 260 g/mol. The first-order valence-corrected chi connectivity index (χ1v) is 6.22. The summed E-state index contributed by atoms with van der Waals surface area (Å²) in [5.41, 5.74) is 0.431. The summed E-state index contributed by atoms with van der Waals surface area (Å²) in [5, 5.41) is 14.1. The largest absolute Gasteiger partial charge is 0.496 e. The van der Waals surface area contributed by atoms with Gasteiger partial charge in [-0.3, -0.25) is 10.1 Å². The molecule has 2 rings (SSSR count). The molecule has 0 unspecified atom stereocenters. The molecule has 0 atom stereocenters. The van der Waals surface area contributed by atoms with Gasteiger partial charge in [0.05, 0.1) is 24.6 Å². The van der Waals surface area contributed by atoms with Crippen LogP contribution in [0.1, 0.15) is 12.7 Å². The molecule has 1 N–H and O–H groups in total. The first kappa shape index (κ1) is 13.9. The van der Waals surface area contributed by atoms with Crippen LogP contribution in [0, 0.1) is 10.1 Å². The van der Waals surface area contributed by atoms with Crippen molar-refractivity contribution >= 4 is 11.4 Å². The number of nitro groups is 1. The number of hydrogen-bond donors (Lipinski definition) is 1. The van der Waals surface area contributed by atoms with Gasteiger partial charge in [-0.25, -0.2) is 4.98 Å². The first-order chi connectivity index (χ1) is 9.65. The highest BCUT2D eigenvalue weighted by Gasteiger charge is 2.15. The Balaban J connectivity index is 2.19. The molecule has 0 aliphatic rings. The second-order valence-corrected chi connectivity index (χ2v) is 4.12. The van der Waals surface area contributed by atoms with E-state index in [2.05, 4.69) is 10.3 Å². The predicted octanol–water partition coefficient (Wildman–Crippen LogP) is 2.43. The number of aromatic nitrogens is 2. The second-order valence-electron chi connectivity index (χ2n) is 4.12. The standard InChI is InChI=1S/C13H16N4O3/c1-3-16-7-6-14-13(16)9-15-11-5-4-10(20-2)8-12(11)17(18)19/h4-8,15H,3,9H2,1-2H3. The van der Waals surface area contributed by atoms with Gasteiger partial charge in [-0.1, -0.05) is 0 Å². The molecule has 7 heteroatoms. The van der Waals surface area contributed by atoms with Crippen molar-refractivity contribution in [2.75, 3.05) is 12.4 Å². The molecule has 7 nitrogen and oxygen atoms in total. The molecule has 1 aromatic heterocycles. The molecule has 1 heterocycles. The van der Waals surface area contributed by atoms with E-state index in [1.165, 1.54) is 13.2 Å². The Kier molecular flexibility index (Phi) is 4.19. The smallest absolute Gasteiger partial charge is 0.296 e. The normalized spacial score (nSPS) is 10.3. The van der Waals surface area contributed by atoms with E-state index in [4.69, 9.17) is 4.74 Å². The number of imidazole rings is 1. The number of nitro benzene ring substituents is 1. The van der Waals surface area contributed by atoms with Crippen LogP contribution in [-0.2, 0) is 13.1 Å². The van der Waals surface area contributed by atoms with Gasteiger partial charge in [0.15, 0.2) is 0 Å². The third-order valence-electron chi connectivity index (χ3n) is 2.98. The summed E-state index contributed by atoms with van der Waals surface area (Å²) >= 11 is 0. The summed E-state index contributed by atoms with van der Waals surface area (Å²) in [4.78, 5) is 14.8. The van der Waals surface area contributed by atoms with E-state index in [1.54, 1.807) is 18.3 Å². The fourth-order valence-corrected chi connectivity index (χ4v) is 1.91. The molecule has 0 bridgehead atoms. The number of benzene rings is 1. The quantitative estimate of drug-likeness (QED) is 0.647. The molecule has 0 saturated carbocycles. The number of nitrogens with one attached hydrogen (secondary N) is 1. The molecule has 0 saturated heterocycles. The Morgan fingerprint density at radius 2 is 2.30 bits per heavy atom. The van der Waals surface area contributed by atoms with Crippen molar-refractivity contribution in [3.05, 3.63) is 46.5 Å².